The van der Waals surface area contributed by atoms with Crippen molar-refractivity contribution in [2.75, 3.05) is 54.0 Å². The number of ether oxygens (including phenoxy) is 3. The third-order valence-corrected chi connectivity index (χ3v) is 7.96. The summed E-state index contributed by atoms with van der Waals surface area (Å²) in [4.78, 5) is 29.3. The van der Waals surface area contributed by atoms with E-state index in [4.69, 9.17) is 19.0 Å². The molecule has 2 N–H and O–H groups in total. The fraction of sp³-hybridized carbons (Fsp3) is 0.286. The van der Waals surface area contributed by atoms with Crippen LogP contribution in [-0.2, 0) is 21.0 Å². The zero-order valence-electron chi connectivity index (χ0n) is 26.6. The van der Waals surface area contributed by atoms with E-state index in [2.05, 4.69) is 32.1 Å². The Morgan fingerprint density at radius 2 is 1.96 bits per heavy atom. The summed E-state index contributed by atoms with van der Waals surface area (Å²) in [6.45, 7) is 7.90. The minimum absolute atomic E-state index is 0.0216. The van der Waals surface area contributed by atoms with Crippen molar-refractivity contribution in [2.45, 2.75) is 32.1 Å². The number of nitrogens with one attached hydrogen (secondary N) is 2. The van der Waals surface area contributed by atoms with Crippen molar-refractivity contribution in [3.63, 3.8) is 0 Å². The molecule has 1 aromatic heterocycles. The van der Waals surface area contributed by atoms with Gasteiger partial charge in [-0.1, -0.05) is 18.7 Å². The van der Waals surface area contributed by atoms with Gasteiger partial charge >= 0.3 is 0 Å². The highest BCUT2D eigenvalue weighted by Crippen LogP contribution is 2.40. The first kappa shape index (κ1) is 32.7. The number of carbonyl (C=O) groups excluding carboxylic acids is 1. The van der Waals surface area contributed by atoms with E-state index in [1.807, 2.05) is 13.0 Å². The fourth-order valence-corrected chi connectivity index (χ4v) is 5.74. The molecule has 3 aromatic carbocycles. The Hall–Kier alpha value is -5.27. The molecular weight excluding hydrogens is 622 g/mol. The maximum absolute atomic E-state index is 14.8. The molecule has 0 saturated carbocycles. The minimum atomic E-state index is -0.472. The van der Waals surface area contributed by atoms with Gasteiger partial charge in [-0.15, -0.1) is 0 Å². The van der Waals surface area contributed by atoms with Crippen molar-refractivity contribution >= 4 is 34.6 Å². The highest BCUT2D eigenvalue weighted by Gasteiger charge is 2.30. The summed E-state index contributed by atoms with van der Waals surface area (Å²) < 4.78 is 45.7. The topological polar surface area (TPSA) is 110 Å². The lowest BCUT2D eigenvalue weighted by molar-refractivity contribution is -0.111. The summed E-state index contributed by atoms with van der Waals surface area (Å²) in [5.41, 5.74) is 3.16. The van der Waals surface area contributed by atoms with Crippen LogP contribution in [-0.4, -0.2) is 55.4 Å². The molecule has 250 valence electrons. The molecule has 3 heterocycles. The van der Waals surface area contributed by atoms with Crippen LogP contribution in [0.15, 0.2) is 79.6 Å². The van der Waals surface area contributed by atoms with E-state index >= 15 is 0 Å². The maximum atomic E-state index is 14.8. The van der Waals surface area contributed by atoms with E-state index in [0.717, 1.165) is 5.69 Å². The Balaban J connectivity index is 1.24. The van der Waals surface area contributed by atoms with E-state index < -0.39 is 5.82 Å². The first-order valence-corrected chi connectivity index (χ1v) is 15.5. The van der Waals surface area contributed by atoms with Crippen molar-refractivity contribution in [2.24, 2.45) is 0 Å². The van der Waals surface area contributed by atoms with E-state index in [0.29, 0.717) is 78.4 Å². The monoisotopic (exact) mass is 658 g/mol. The van der Waals surface area contributed by atoms with Gasteiger partial charge in [0.1, 0.15) is 41.9 Å². The van der Waals surface area contributed by atoms with Gasteiger partial charge in [-0.05, 0) is 54.5 Å². The van der Waals surface area contributed by atoms with Gasteiger partial charge < -0.3 is 29.7 Å². The lowest BCUT2D eigenvalue weighted by atomic mass is 10.0. The van der Waals surface area contributed by atoms with Gasteiger partial charge in [0, 0.05) is 37.7 Å². The van der Waals surface area contributed by atoms with Gasteiger partial charge in [-0.25, -0.2) is 23.8 Å². The first-order valence-electron chi connectivity index (χ1n) is 15.5. The van der Waals surface area contributed by atoms with Crippen molar-refractivity contribution in [1.82, 2.24) is 9.97 Å². The van der Waals surface area contributed by atoms with E-state index in [1.165, 1.54) is 36.7 Å². The fourth-order valence-electron chi connectivity index (χ4n) is 5.74. The van der Waals surface area contributed by atoms with Crippen LogP contribution in [0.4, 0.5) is 37.5 Å². The molecule has 0 bridgehead atoms. The Bertz CT molecular complexity index is 1790. The van der Waals surface area contributed by atoms with E-state index in [1.54, 1.807) is 42.5 Å². The zero-order chi connectivity index (χ0) is 33.6. The SMILES string of the molecule is C=CC(=O)Nc1cc(Nc2cc(N3OCC[C@@H]3c3cc(F)cc(OCc4cccc(F)c4)c3)ncn2)c(OC)cc1N1CCO[C@@H](C)C1. The maximum Gasteiger partial charge on any atom is 0.247 e. The number of amides is 1. The van der Waals surface area contributed by atoms with Gasteiger partial charge in [0.2, 0.25) is 5.91 Å². The number of anilines is 5. The molecule has 0 radical (unpaired) electrons. The summed E-state index contributed by atoms with van der Waals surface area (Å²) in [7, 11) is 1.57. The molecule has 0 aliphatic carbocycles. The van der Waals surface area contributed by atoms with Crippen LogP contribution < -0.4 is 30.1 Å². The lowest BCUT2D eigenvalue weighted by Gasteiger charge is -2.34. The largest absolute Gasteiger partial charge is 0.494 e. The predicted octanol–water partition coefficient (Wildman–Crippen LogP) is 6.32. The number of benzene rings is 3. The van der Waals surface area contributed by atoms with Crippen LogP contribution >= 0.6 is 0 Å². The average molecular weight is 659 g/mol. The molecule has 2 aliphatic rings. The summed E-state index contributed by atoms with van der Waals surface area (Å²) in [5.74, 6) is 0.523. The van der Waals surface area contributed by atoms with Gasteiger partial charge in [-0.3, -0.25) is 9.63 Å². The van der Waals surface area contributed by atoms with Crippen LogP contribution in [0.1, 0.15) is 30.5 Å². The molecule has 2 aliphatic heterocycles. The van der Waals surface area contributed by atoms with Crippen molar-refractivity contribution < 1.29 is 32.6 Å². The van der Waals surface area contributed by atoms with E-state index in [9.17, 15) is 13.6 Å². The van der Waals surface area contributed by atoms with Gasteiger partial charge in [0.25, 0.3) is 0 Å². The second kappa shape index (κ2) is 14.7. The number of rotatable bonds is 11. The number of methoxy groups -OCH3 is 1. The van der Waals surface area contributed by atoms with Crippen LogP contribution in [0.3, 0.4) is 0 Å². The molecule has 13 heteroatoms. The number of hydrogen-bond acceptors (Lipinski definition) is 10. The molecule has 0 spiro atoms. The van der Waals surface area contributed by atoms with Crippen molar-refractivity contribution in [3.8, 4) is 11.5 Å². The van der Waals surface area contributed by atoms with Crippen LogP contribution in [0, 0.1) is 11.6 Å². The summed E-state index contributed by atoms with van der Waals surface area (Å²) in [6, 6.07) is 15.5. The minimum Gasteiger partial charge on any atom is -0.494 e. The zero-order valence-corrected chi connectivity index (χ0v) is 26.6. The normalized spacial score (nSPS) is 17.6. The summed E-state index contributed by atoms with van der Waals surface area (Å²) >= 11 is 0. The Morgan fingerprint density at radius 1 is 1.08 bits per heavy atom. The third-order valence-electron chi connectivity index (χ3n) is 7.96. The van der Waals surface area contributed by atoms with Crippen molar-refractivity contribution in [3.05, 3.63) is 102 Å². The Labute approximate surface area is 277 Å². The molecule has 0 unspecified atom stereocenters. The molecule has 48 heavy (non-hydrogen) atoms. The third kappa shape index (κ3) is 7.64. The second-order valence-electron chi connectivity index (χ2n) is 11.4. The molecule has 2 atom stereocenters. The molecule has 4 aromatic rings. The van der Waals surface area contributed by atoms with Gasteiger partial charge in [0.15, 0.2) is 5.82 Å². The van der Waals surface area contributed by atoms with Crippen molar-refractivity contribution in [1.29, 1.82) is 0 Å². The Kier molecular flexibility index (Phi) is 9.97. The summed E-state index contributed by atoms with van der Waals surface area (Å²) in [6.07, 6.45) is 3.20. The number of hydrogen-bond donors (Lipinski definition) is 2. The smallest absolute Gasteiger partial charge is 0.247 e. The quantitative estimate of drug-likeness (QED) is 0.178. The highest BCUT2D eigenvalue weighted by molar-refractivity contribution is 6.02. The van der Waals surface area contributed by atoms with Gasteiger partial charge in [0.05, 0.1) is 49.5 Å². The van der Waals surface area contributed by atoms with Gasteiger partial charge in [-0.2, -0.15) is 0 Å². The van der Waals surface area contributed by atoms with Crippen LogP contribution in [0.5, 0.6) is 11.5 Å². The lowest BCUT2D eigenvalue weighted by Crippen LogP contribution is -2.41. The van der Waals surface area contributed by atoms with Crippen LogP contribution in [0.2, 0.25) is 0 Å². The van der Waals surface area contributed by atoms with E-state index in [-0.39, 0.29) is 30.5 Å². The number of carbonyl (C=O) groups is 1. The number of hydroxylamine groups is 1. The number of halogens is 2. The molecule has 11 nitrogen and oxygen atoms in total. The number of morpholine rings is 1. The summed E-state index contributed by atoms with van der Waals surface area (Å²) in [5, 5.41) is 7.81. The first-order chi connectivity index (χ1) is 23.3. The number of nitrogens with zero attached hydrogens (tertiary/aromatic N) is 4. The molecule has 2 fully saturated rings. The molecular formula is C35H36F2N6O5. The number of aromatic nitrogens is 2. The molecule has 6 rings (SSSR count). The molecule has 1 amide bonds. The highest BCUT2D eigenvalue weighted by atomic mass is 19.1. The van der Waals surface area contributed by atoms with Crippen LogP contribution in [0.25, 0.3) is 0 Å². The standard InChI is InChI=1S/C35H36F2N6O5/c1-4-35(44)41-28-16-29(32(45-3)17-31(28)42-9-11-46-22(2)19-42)40-33-18-34(39-21-38-33)43-30(8-10-48-43)24-13-26(37)15-27(14-24)47-20-23-6-5-7-25(36)12-23/h4-7,12-18,21-22,30H,1,8-11,19-20H2,2-3H3,(H,41,44)(H,38,39,40)/t22-,30+/m0/s1. The Morgan fingerprint density at radius 3 is 2.75 bits per heavy atom. The average Bonchev–Trinajstić information content (AvgIpc) is 3.58. The second-order valence-corrected chi connectivity index (χ2v) is 11.4. The molecule has 2 saturated heterocycles. The predicted molar refractivity (Wildman–Crippen MR) is 178 cm³/mol.